The summed E-state index contributed by atoms with van der Waals surface area (Å²) in [6.07, 6.45) is 3.06. The van der Waals surface area contributed by atoms with Gasteiger partial charge in [-0.25, -0.2) is 0 Å². The van der Waals surface area contributed by atoms with Crippen molar-refractivity contribution in [2.24, 2.45) is 0 Å². The molecule has 4 nitrogen and oxygen atoms in total. The van der Waals surface area contributed by atoms with Crippen LogP contribution in [0.1, 0.15) is 9.75 Å². The number of benzene rings is 1. The summed E-state index contributed by atoms with van der Waals surface area (Å²) < 4.78 is 0. The number of rotatable bonds is 5. The molecule has 0 unspecified atom stereocenters. The first-order chi connectivity index (χ1) is 11.4. The normalized spacial score (nSPS) is 10.8. The molecule has 0 aliphatic carbocycles. The fourth-order valence-electron chi connectivity index (χ4n) is 1.64. The van der Waals surface area contributed by atoms with Gasteiger partial charge in [0.05, 0.1) is 10.8 Å². The van der Waals surface area contributed by atoms with E-state index in [9.17, 15) is 9.59 Å². The Morgan fingerprint density at radius 1 is 1.21 bits per heavy atom. The Labute approximate surface area is 158 Å². The van der Waals surface area contributed by atoms with Crippen molar-refractivity contribution >= 4 is 64.2 Å². The van der Waals surface area contributed by atoms with Crippen molar-refractivity contribution in [1.82, 2.24) is 10.9 Å². The van der Waals surface area contributed by atoms with Gasteiger partial charge >= 0.3 is 0 Å². The Hall–Kier alpha value is -1.47. The van der Waals surface area contributed by atoms with Gasteiger partial charge < -0.3 is 0 Å². The highest BCUT2D eigenvalue weighted by Gasteiger charge is 2.07. The first-order valence-electron chi connectivity index (χ1n) is 6.85. The van der Waals surface area contributed by atoms with Crippen LogP contribution in [0.5, 0.6) is 0 Å². The molecule has 1 aromatic heterocycles. The fraction of sp³-hybridized carbons (Fsp3) is 0.125. The van der Waals surface area contributed by atoms with Crippen molar-refractivity contribution in [2.45, 2.75) is 11.8 Å². The van der Waals surface area contributed by atoms with E-state index in [-0.39, 0.29) is 11.7 Å². The van der Waals surface area contributed by atoms with Crippen LogP contribution < -0.4 is 10.9 Å². The lowest BCUT2D eigenvalue weighted by atomic mass is 10.4. The van der Waals surface area contributed by atoms with E-state index in [0.29, 0.717) is 14.9 Å². The van der Waals surface area contributed by atoms with Crippen molar-refractivity contribution < 1.29 is 9.59 Å². The van der Waals surface area contributed by atoms with Crippen molar-refractivity contribution in [3.05, 3.63) is 56.2 Å². The second-order valence-corrected chi connectivity index (χ2v) is 7.86. The van der Waals surface area contributed by atoms with Gasteiger partial charge in [-0.1, -0.05) is 23.2 Å². The first kappa shape index (κ1) is 18.9. The lowest BCUT2D eigenvalue weighted by Gasteiger charge is -2.06. The SMILES string of the molecule is Cc1ccc(/C=C/C(=O)NNC(=O)CSc2cc(Cl)ccc2Cl)s1. The number of halogens is 2. The average Bonchev–Trinajstić information content (AvgIpc) is 2.97. The number of aryl methyl sites for hydroxylation is 1. The van der Waals surface area contributed by atoms with Crippen LogP contribution in [0.4, 0.5) is 0 Å². The number of carbonyl (C=O) groups is 2. The minimum absolute atomic E-state index is 0.105. The topological polar surface area (TPSA) is 58.2 Å². The quantitative estimate of drug-likeness (QED) is 0.446. The molecule has 2 aromatic rings. The Kier molecular flexibility index (Phi) is 7.17. The Morgan fingerprint density at radius 3 is 2.71 bits per heavy atom. The Bertz CT molecular complexity index is 775. The van der Waals surface area contributed by atoms with Gasteiger partial charge in [-0.05, 0) is 43.3 Å². The van der Waals surface area contributed by atoms with E-state index < -0.39 is 5.91 Å². The Morgan fingerprint density at radius 2 is 2.00 bits per heavy atom. The molecule has 0 aliphatic heterocycles. The zero-order chi connectivity index (χ0) is 17.5. The van der Waals surface area contributed by atoms with Crippen molar-refractivity contribution in [2.75, 3.05) is 5.75 Å². The van der Waals surface area contributed by atoms with Gasteiger partial charge in [0.25, 0.3) is 5.91 Å². The van der Waals surface area contributed by atoms with Crippen LogP contribution >= 0.6 is 46.3 Å². The predicted molar refractivity (Wildman–Crippen MR) is 102 cm³/mol. The molecule has 0 saturated carbocycles. The largest absolute Gasteiger partial charge is 0.272 e. The number of thioether (sulfide) groups is 1. The van der Waals surface area contributed by atoms with Gasteiger partial charge in [0.2, 0.25) is 5.91 Å². The summed E-state index contributed by atoms with van der Waals surface area (Å²) in [5.41, 5.74) is 4.67. The number of hydrogen-bond acceptors (Lipinski definition) is 4. The second kappa shape index (κ2) is 9.13. The van der Waals surface area contributed by atoms with Crippen LogP contribution in [0.15, 0.2) is 41.3 Å². The molecule has 0 aliphatic rings. The predicted octanol–water partition coefficient (Wildman–Crippen LogP) is 4.32. The molecule has 1 heterocycles. The zero-order valence-corrected chi connectivity index (χ0v) is 15.8. The highest BCUT2D eigenvalue weighted by Crippen LogP contribution is 2.29. The number of carbonyl (C=O) groups excluding carboxylic acids is 2. The van der Waals surface area contributed by atoms with E-state index in [2.05, 4.69) is 10.9 Å². The number of amides is 2. The molecule has 2 N–H and O–H groups in total. The third kappa shape index (κ3) is 6.20. The maximum absolute atomic E-state index is 11.7. The molecule has 2 amide bonds. The lowest BCUT2D eigenvalue weighted by Crippen LogP contribution is -2.41. The minimum Gasteiger partial charge on any atom is -0.272 e. The number of hydrazine groups is 1. The number of hydrogen-bond donors (Lipinski definition) is 2. The van der Waals surface area contributed by atoms with E-state index in [1.807, 2.05) is 19.1 Å². The van der Waals surface area contributed by atoms with E-state index in [1.54, 1.807) is 35.6 Å². The maximum atomic E-state index is 11.7. The molecular formula is C16H14Cl2N2O2S2. The fourth-order valence-corrected chi connectivity index (χ4v) is 3.71. The summed E-state index contributed by atoms with van der Waals surface area (Å²) in [5, 5.41) is 1.07. The maximum Gasteiger partial charge on any atom is 0.262 e. The smallest absolute Gasteiger partial charge is 0.262 e. The third-order valence-corrected chi connectivity index (χ3v) is 5.44. The molecule has 0 fully saturated rings. The summed E-state index contributed by atoms with van der Waals surface area (Å²) in [6.45, 7) is 1.99. The molecule has 1 aromatic carbocycles. The van der Waals surface area contributed by atoms with Gasteiger partial charge in [0, 0.05) is 25.7 Å². The molecule has 8 heteroatoms. The summed E-state index contributed by atoms with van der Waals surface area (Å²) in [6, 6.07) is 8.93. The zero-order valence-electron chi connectivity index (χ0n) is 12.6. The molecular weight excluding hydrogens is 387 g/mol. The molecule has 2 rings (SSSR count). The lowest BCUT2D eigenvalue weighted by molar-refractivity contribution is -0.125. The van der Waals surface area contributed by atoms with Crippen LogP contribution in [-0.4, -0.2) is 17.6 Å². The molecule has 24 heavy (non-hydrogen) atoms. The van der Waals surface area contributed by atoms with Gasteiger partial charge in [-0.3, -0.25) is 20.4 Å². The van der Waals surface area contributed by atoms with Crippen molar-refractivity contribution in [3.63, 3.8) is 0 Å². The van der Waals surface area contributed by atoms with Crippen LogP contribution in [0.3, 0.4) is 0 Å². The van der Waals surface area contributed by atoms with Crippen LogP contribution in [0.2, 0.25) is 10.0 Å². The third-order valence-electron chi connectivity index (χ3n) is 2.74. The van der Waals surface area contributed by atoms with E-state index in [0.717, 1.165) is 4.88 Å². The molecule has 0 bridgehead atoms. The Balaban J connectivity index is 1.75. The average molecular weight is 401 g/mol. The number of nitrogens with one attached hydrogen (secondary N) is 2. The molecule has 0 saturated heterocycles. The molecule has 0 radical (unpaired) electrons. The van der Waals surface area contributed by atoms with Gasteiger partial charge in [-0.15, -0.1) is 23.1 Å². The van der Waals surface area contributed by atoms with Gasteiger partial charge in [-0.2, -0.15) is 0 Å². The molecule has 126 valence electrons. The summed E-state index contributed by atoms with van der Waals surface area (Å²) in [4.78, 5) is 26.2. The second-order valence-electron chi connectivity index (χ2n) is 4.68. The summed E-state index contributed by atoms with van der Waals surface area (Å²) in [5.74, 6) is -0.640. The monoisotopic (exact) mass is 400 g/mol. The van der Waals surface area contributed by atoms with Crippen LogP contribution in [-0.2, 0) is 9.59 Å². The molecule has 0 spiro atoms. The van der Waals surface area contributed by atoms with Crippen LogP contribution in [0.25, 0.3) is 6.08 Å². The summed E-state index contributed by atoms with van der Waals surface area (Å²) in [7, 11) is 0. The highest BCUT2D eigenvalue weighted by molar-refractivity contribution is 8.00. The van der Waals surface area contributed by atoms with Crippen molar-refractivity contribution in [3.8, 4) is 0 Å². The van der Waals surface area contributed by atoms with E-state index in [4.69, 9.17) is 23.2 Å². The highest BCUT2D eigenvalue weighted by atomic mass is 35.5. The summed E-state index contributed by atoms with van der Waals surface area (Å²) >= 11 is 14.7. The van der Waals surface area contributed by atoms with Gasteiger partial charge in [0.1, 0.15) is 0 Å². The number of thiophene rings is 1. The van der Waals surface area contributed by atoms with Crippen molar-refractivity contribution in [1.29, 1.82) is 0 Å². The first-order valence-corrected chi connectivity index (χ1v) is 9.41. The molecule has 0 atom stereocenters. The minimum atomic E-state index is -0.403. The van der Waals surface area contributed by atoms with E-state index in [1.165, 1.54) is 22.7 Å². The standard InChI is InChI=1S/C16H14Cl2N2O2S2/c1-10-2-4-12(24-10)5-7-15(21)19-20-16(22)9-23-14-8-11(17)3-6-13(14)18/h2-8H,9H2,1H3,(H,19,21)(H,20,22)/b7-5+. The van der Waals surface area contributed by atoms with Crippen LogP contribution in [0, 0.1) is 6.92 Å². The van der Waals surface area contributed by atoms with Gasteiger partial charge in [0.15, 0.2) is 0 Å². The van der Waals surface area contributed by atoms with E-state index >= 15 is 0 Å².